The summed E-state index contributed by atoms with van der Waals surface area (Å²) < 4.78 is 22.9. The first-order chi connectivity index (χ1) is 7.23. The molecule has 0 aromatic heterocycles. The Kier molecular flexibility index (Phi) is 4.41. The lowest BCUT2D eigenvalue weighted by molar-refractivity contribution is 0.223. The van der Waals surface area contributed by atoms with Crippen molar-refractivity contribution < 1.29 is 8.42 Å². The summed E-state index contributed by atoms with van der Waals surface area (Å²) in [5.41, 5.74) is 0.0818. The van der Waals surface area contributed by atoms with E-state index < -0.39 is 9.84 Å². The Morgan fingerprint density at radius 3 is 2.44 bits per heavy atom. The topological polar surface area (TPSA) is 46.2 Å². The molecule has 96 valence electrons. The Balaban J connectivity index is 2.45. The Morgan fingerprint density at radius 1 is 1.38 bits per heavy atom. The third-order valence-corrected chi connectivity index (χ3v) is 5.24. The minimum atomic E-state index is -2.75. The fraction of sp³-hybridized carbons (Fsp3) is 1.00. The van der Waals surface area contributed by atoms with Crippen LogP contribution in [0.2, 0.25) is 0 Å². The van der Waals surface area contributed by atoms with Crippen molar-refractivity contribution in [3.8, 4) is 0 Å². The third-order valence-electron chi connectivity index (χ3n) is 3.47. The van der Waals surface area contributed by atoms with Crippen molar-refractivity contribution >= 4 is 9.84 Å². The molecule has 0 aromatic rings. The Labute approximate surface area is 99.9 Å². The fourth-order valence-electron chi connectivity index (χ4n) is 2.24. The van der Waals surface area contributed by atoms with Crippen molar-refractivity contribution in [2.75, 3.05) is 24.6 Å². The molecule has 1 N–H and O–H groups in total. The van der Waals surface area contributed by atoms with E-state index in [-0.39, 0.29) is 5.41 Å². The monoisotopic (exact) mass is 247 g/mol. The SMILES string of the molecule is CC(C)CNCC(C)(C)C1CCS(=O)(=O)C1. The van der Waals surface area contributed by atoms with E-state index in [0.29, 0.717) is 23.3 Å². The molecule has 1 unspecified atom stereocenters. The van der Waals surface area contributed by atoms with Gasteiger partial charge in [-0.15, -0.1) is 0 Å². The molecule has 0 aromatic carbocycles. The van der Waals surface area contributed by atoms with Crippen molar-refractivity contribution in [2.24, 2.45) is 17.3 Å². The molecule has 0 aliphatic carbocycles. The van der Waals surface area contributed by atoms with Crippen LogP contribution in [0.1, 0.15) is 34.1 Å². The second-order valence-electron chi connectivity index (χ2n) is 6.11. The first-order valence-electron chi connectivity index (χ1n) is 6.14. The van der Waals surface area contributed by atoms with Crippen LogP contribution in [-0.2, 0) is 9.84 Å². The molecule has 0 spiro atoms. The minimum Gasteiger partial charge on any atom is -0.316 e. The molecular formula is C12H25NO2S. The lowest BCUT2D eigenvalue weighted by Crippen LogP contribution is -2.37. The summed E-state index contributed by atoms with van der Waals surface area (Å²) in [6.07, 6.45) is 0.832. The van der Waals surface area contributed by atoms with Crippen LogP contribution >= 0.6 is 0 Å². The van der Waals surface area contributed by atoms with Gasteiger partial charge in [-0.1, -0.05) is 27.7 Å². The number of hydrogen-bond donors (Lipinski definition) is 1. The predicted molar refractivity (Wildman–Crippen MR) is 68.2 cm³/mol. The van der Waals surface area contributed by atoms with Crippen LogP contribution in [0.15, 0.2) is 0 Å². The van der Waals surface area contributed by atoms with Crippen LogP contribution in [0, 0.1) is 17.3 Å². The van der Waals surface area contributed by atoms with Crippen LogP contribution in [0.3, 0.4) is 0 Å². The van der Waals surface area contributed by atoms with Crippen molar-refractivity contribution in [3.63, 3.8) is 0 Å². The molecule has 4 heteroatoms. The van der Waals surface area contributed by atoms with E-state index in [1.165, 1.54) is 0 Å². The molecule has 3 nitrogen and oxygen atoms in total. The molecule has 1 aliphatic heterocycles. The van der Waals surface area contributed by atoms with E-state index in [0.717, 1.165) is 19.5 Å². The van der Waals surface area contributed by atoms with Gasteiger partial charge < -0.3 is 5.32 Å². The molecule has 0 bridgehead atoms. The van der Waals surface area contributed by atoms with Gasteiger partial charge in [0.2, 0.25) is 0 Å². The largest absolute Gasteiger partial charge is 0.316 e. The molecule has 1 rings (SSSR count). The average Bonchev–Trinajstić information content (AvgIpc) is 2.45. The Bertz CT molecular complexity index is 320. The van der Waals surface area contributed by atoms with Gasteiger partial charge in [0.05, 0.1) is 11.5 Å². The van der Waals surface area contributed by atoms with Gasteiger partial charge in [0.1, 0.15) is 0 Å². The first-order valence-corrected chi connectivity index (χ1v) is 7.96. The number of rotatable bonds is 5. The van der Waals surface area contributed by atoms with Crippen LogP contribution in [0.25, 0.3) is 0 Å². The molecule has 1 aliphatic rings. The molecule has 1 saturated heterocycles. The zero-order valence-corrected chi connectivity index (χ0v) is 11.7. The van der Waals surface area contributed by atoms with E-state index in [4.69, 9.17) is 0 Å². The zero-order chi connectivity index (χ0) is 12.4. The van der Waals surface area contributed by atoms with E-state index >= 15 is 0 Å². The van der Waals surface area contributed by atoms with E-state index in [2.05, 4.69) is 33.0 Å². The predicted octanol–water partition coefficient (Wildman–Crippen LogP) is 1.69. The van der Waals surface area contributed by atoms with E-state index in [9.17, 15) is 8.42 Å². The van der Waals surface area contributed by atoms with Gasteiger partial charge in [-0.3, -0.25) is 0 Å². The van der Waals surface area contributed by atoms with Gasteiger partial charge in [0.15, 0.2) is 9.84 Å². The van der Waals surface area contributed by atoms with Gasteiger partial charge >= 0.3 is 0 Å². The van der Waals surface area contributed by atoms with Crippen molar-refractivity contribution in [2.45, 2.75) is 34.1 Å². The second kappa shape index (κ2) is 5.05. The van der Waals surface area contributed by atoms with Crippen LogP contribution in [0.4, 0.5) is 0 Å². The summed E-state index contributed by atoms with van der Waals surface area (Å²) in [5, 5.41) is 3.43. The van der Waals surface area contributed by atoms with Gasteiger partial charge in [-0.25, -0.2) is 8.42 Å². The Morgan fingerprint density at radius 2 is 2.00 bits per heavy atom. The van der Waals surface area contributed by atoms with Crippen molar-refractivity contribution in [1.29, 1.82) is 0 Å². The van der Waals surface area contributed by atoms with Crippen LogP contribution in [-0.4, -0.2) is 33.0 Å². The minimum absolute atomic E-state index is 0.0818. The molecular weight excluding hydrogens is 222 g/mol. The van der Waals surface area contributed by atoms with Crippen LogP contribution in [0.5, 0.6) is 0 Å². The quantitative estimate of drug-likeness (QED) is 0.804. The number of hydrogen-bond acceptors (Lipinski definition) is 3. The first kappa shape index (κ1) is 14.0. The highest BCUT2D eigenvalue weighted by atomic mass is 32.2. The smallest absolute Gasteiger partial charge is 0.150 e. The van der Waals surface area contributed by atoms with Gasteiger partial charge in [-0.05, 0) is 30.2 Å². The lowest BCUT2D eigenvalue weighted by atomic mass is 9.78. The molecule has 1 heterocycles. The number of sulfone groups is 1. The highest BCUT2D eigenvalue weighted by molar-refractivity contribution is 7.91. The molecule has 0 amide bonds. The summed E-state index contributed by atoms with van der Waals surface area (Å²) in [7, 11) is -2.75. The summed E-state index contributed by atoms with van der Waals surface area (Å²) >= 11 is 0. The lowest BCUT2D eigenvalue weighted by Gasteiger charge is -2.31. The molecule has 16 heavy (non-hydrogen) atoms. The molecule has 0 radical (unpaired) electrons. The van der Waals surface area contributed by atoms with Crippen molar-refractivity contribution in [3.05, 3.63) is 0 Å². The molecule has 1 fully saturated rings. The van der Waals surface area contributed by atoms with Crippen molar-refractivity contribution in [1.82, 2.24) is 5.32 Å². The zero-order valence-electron chi connectivity index (χ0n) is 10.9. The number of nitrogens with one attached hydrogen (secondary N) is 1. The Hall–Kier alpha value is -0.0900. The normalized spacial score (nSPS) is 25.2. The maximum Gasteiger partial charge on any atom is 0.150 e. The maximum absolute atomic E-state index is 11.4. The van der Waals surface area contributed by atoms with E-state index in [1.54, 1.807) is 0 Å². The van der Waals surface area contributed by atoms with Gasteiger partial charge in [0.25, 0.3) is 0 Å². The van der Waals surface area contributed by atoms with Gasteiger partial charge in [-0.2, -0.15) is 0 Å². The highest BCUT2D eigenvalue weighted by Gasteiger charge is 2.38. The summed E-state index contributed by atoms with van der Waals surface area (Å²) in [5.74, 6) is 1.72. The van der Waals surface area contributed by atoms with Gasteiger partial charge in [0, 0.05) is 6.54 Å². The summed E-state index contributed by atoms with van der Waals surface area (Å²) in [6, 6.07) is 0. The molecule has 1 atom stereocenters. The summed E-state index contributed by atoms with van der Waals surface area (Å²) in [4.78, 5) is 0. The van der Waals surface area contributed by atoms with E-state index in [1.807, 2.05) is 0 Å². The van der Waals surface area contributed by atoms with Crippen LogP contribution < -0.4 is 5.32 Å². The highest BCUT2D eigenvalue weighted by Crippen LogP contribution is 2.34. The second-order valence-corrected chi connectivity index (χ2v) is 8.34. The summed E-state index contributed by atoms with van der Waals surface area (Å²) in [6.45, 7) is 10.6. The standard InChI is InChI=1S/C12H25NO2S/c1-10(2)7-13-9-12(3,4)11-5-6-16(14,15)8-11/h10-11,13H,5-9H2,1-4H3. The fourth-order valence-corrected chi connectivity index (χ4v) is 4.28. The maximum atomic E-state index is 11.4. The molecule has 0 saturated carbocycles. The average molecular weight is 247 g/mol. The third kappa shape index (κ3) is 4.06.